The summed E-state index contributed by atoms with van der Waals surface area (Å²) in [6, 6.07) is 0. The molecular weight excluding hydrogens is 206 g/mol. The zero-order valence-electron chi connectivity index (χ0n) is 11.7. The van der Waals surface area contributed by atoms with E-state index in [2.05, 4.69) is 12.4 Å². The van der Waals surface area contributed by atoms with Crippen LogP contribution in [0, 0.1) is 17.8 Å². The lowest BCUT2D eigenvalue weighted by molar-refractivity contribution is 0.190. The third-order valence-corrected chi connectivity index (χ3v) is 5.19. The Labute approximate surface area is 108 Å². The van der Waals surface area contributed by atoms with Crippen molar-refractivity contribution >= 4 is 0 Å². The molecule has 1 N–H and O–H groups in total. The van der Waals surface area contributed by atoms with Crippen LogP contribution >= 0.6 is 0 Å². The molecule has 100 valence electrons. The first-order chi connectivity index (χ1) is 8.42. The fourth-order valence-corrected chi connectivity index (χ4v) is 4.29. The minimum Gasteiger partial charge on any atom is -0.319 e. The van der Waals surface area contributed by atoms with E-state index in [0.717, 1.165) is 17.8 Å². The van der Waals surface area contributed by atoms with Gasteiger partial charge in [-0.25, -0.2) is 0 Å². The third kappa shape index (κ3) is 3.98. The van der Waals surface area contributed by atoms with Crippen LogP contribution < -0.4 is 5.32 Å². The van der Waals surface area contributed by atoms with Gasteiger partial charge in [-0.15, -0.1) is 0 Å². The molecule has 1 heteroatoms. The molecule has 2 unspecified atom stereocenters. The molecule has 0 aliphatic heterocycles. The van der Waals surface area contributed by atoms with Gasteiger partial charge in [-0.1, -0.05) is 57.8 Å². The Bertz CT molecular complexity index is 194. The molecule has 0 saturated heterocycles. The van der Waals surface area contributed by atoms with Crippen LogP contribution in [0.2, 0.25) is 0 Å². The highest BCUT2D eigenvalue weighted by Crippen LogP contribution is 2.39. The first kappa shape index (κ1) is 13.4. The van der Waals surface area contributed by atoms with E-state index in [0.29, 0.717) is 0 Å². The summed E-state index contributed by atoms with van der Waals surface area (Å²) < 4.78 is 0. The van der Waals surface area contributed by atoms with Crippen molar-refractivity contribution < 1.29 is 0 Å². The second-order valence-electron chi connectivity index (χ2n) is 6.37. The van der Waals surface area contributed by atoms with E-state index in [1.54, 1.807) is 0 Å². The van der Waals surface area contributed by atoms with Gasteiger partial charge in [0.2, 0.25) is 0 Å². The van der Waals surface area contributed by atoms with E-state index in [9.17, 15) is 0 Å². The monoisotopic (exact) mass is 237 g/mol. The van der Waals surface area contributed by atoms with E-state index >= 15 is 0 Å². The molecule has 17 heavy (non-hydrogen) atoms. The highest BCUT2D eigenvalue weighted by atomic mass is 14.8. The molecule has 0 aromatic heterocycles. The highest BCUT2D eigenvalue weighted by molar-refractivity contribution is 4.82. The number of rotatable bonds is 3. The molecule has 0 spiro atoms. The average molecular weight is 237 g/mol. The largest absolute Gasteiger partial charge is 0.319 e. The van der Waals surface area contributed by atoms with Gasteiger partial charge in [0, 0.05) is 0 Å². The molecule has 2 saturated carbocycles. The maximum atomic E-state index is 3.45. The summed E-state index contributed by atoms with van der Waals surface area (Å²) >= 11 is 0. The predicted octanol–water partition coefficient (Wildman–Crippen LogP) is 4.37. The minimum absolute atomic E-state index is 0.977. The molecule has 2 aliphatic rings. The van der Waals surface area contributed by atoms with E-state index < -0.39 is 0 Å². The zero-order chi connectivity index (χ0) is 11.9. The van der Waals surface area contributed by atoms with Gasteiger partial charge in [-0.2, -0.15) is 0 Å². The van der Waals surface area contributed by atoms with Crippen LogP contribution in [-0.2, 0) is 0 Å². The van der Waals surface area contributed by atoms with E-state index in [4.69, 9.17) is 0 Å². The maximum absolute atomic E-state index is 3.45. The normalized spacial score (nSPS) is 33.0. The lowest BCUT2D eigenvalue weighted by atomic mass is 9.75. The highest BCUT2D eigenvalue weighted by Gasteiger charge is 2.30. The molecule has 0 amide bonds. The van der Waals surface area contributed by atoms with Crippen molar-refractivity contribution in [1.29, 1.82) is 0 Å². The minimum atomic E-state index is 0.977. The predicted molar refractivity (Wildman–Crippen MR) is 75.2 cm³/mol. The Balaban J connectivity index is 1.96. The Kier molecular flexibility index (Phi) is 5.84. The lowest BCUT2D eigenvalue weighted by Gasteiger charge is -2.32. The Morgan fingerprint density at radius 2 is 1.35 bits per heavy atom. The van der Waals surface area contributed by atoms with Gasteiger partial charge in [0.15, 0.2) is 0 Å². The van der Waals surface area contributed by atoms with Crippen molar-refractivity contribution in [2.45, 2.75) is 70.6 Å². The van der Waals surface area contributed by atoms with Gasteiger partial charge >= 0.3 is 0 Å². The number of hydrogen-bond donors (Lipinski definition) is 1. The van der Waals surface area contributed by atoms with E-state index in [1.807, 2.05) is 0 Å². The van der Waals surface area contributed by atoms with Gasteiger partial charge in [0.1, 0.15) is 0 Å². The van der Waals surface area contributed by atoms with Crippen molar-refractivity contribution in [3.8, 4) is 0 Å². The zero-order valence-corrected chi connectivity index (χ0v) is 11.7. The Hall–Kier alpha value is -0.0400. The lowest BCUT2D eigenvalue weighted by Crippen LogP contribution is -2.30. The topological polar surface area (TPSA) is 12.0 Å². The molecule has 2 rings (SSSR count). The van der Waals surface area contributed by atoms with Crippen LogP contribution in [0.1, 0.15) is 70.6 Å². The molecular formula is C16H31N. The standard InChI is InChI=1S/C16H31N/c1-17-13-15-11-7-4-8-12-16(15)14-9-5-2-3-6-10-14/h14-17H,2-13H2,1H3. The Morgan fingerprint density at radius 3 is 2.06 bits per heavy atom. The van der Waals surface area contributed by atoms with E-state index in [1.165, 1.54) is 77.2 Å². The number of nitrogens with one attached hydrogen (secondary N) is 1. The van der Waals surface area contributed by atoms with Crippen LogP contribution in [0.3, 0.4) is 0 Å². The molecule has 1 nitrogen and oxygen atoms in total. The van der Waals surface area contributed by atoms with Crippen LogP contribution in [0.4, 0.5) is 0 Å². The Morgan fingerprint density at radius 1 is 0.765 bits per heavy atom. The molecule has 0 radical (unpaired) electrons. The second kappa shape index (κ2) is 7.41. The van der Waals surface area contributed by atoms with Crippen LogP contribution in [0.5, 0.6) is 0 Å². The van der Waals surface area contributed by atoms with Gasteiger partial charge in [-0.3, -0.25) is 0 Å². The van der Waals surface area contributed by atoms with Crippen molar-refractivity contribution in [3.05, 3.63) is 0 Å². The average Bonchev–Trinajstić information content (AvgIpc) is 2.71. The fraction of sp³-hybridized carbons (Fsp3) is 1.00. The molecule has 0 aromatic rings. The summed E-state index contributed by atoms with van der Waals surface area (Å²) in [6.07, 6.45) is 16.6. The molecule has 0 heterocycles. The molecule has 2 aliphatic carbocycles. The summed E-state index contributed by atoms with van der Waals surface area (Å²) in [4.78, 5) is 0. The van der Waals surface area contributed by atoms with Gasteiger partial charge < -0.3 is 5.32 Å². The summed E-state index contributed by atoms with van der Waals surface area (Å²) in [5, 5.41) is 3.45. The first-order valence-electron chi connectivity index (χ1n) is 8.06. The molecule has 2 fully saturated rings. The fourth-order valence-electron chi connectivity index (χ4n) is 4.29. The van der Waals surface area contributed by atoms with Crippen molar-refractivity contribution in [1.82, 2.24) is 5.32 Å². The summed E-state index contributed by atoms with van der Waals surface area (Å²) in [7, 11) is 2.13. The molecule has 0 aromatic carbocycles. The SMILES string of the molecule is CNCC1CCCCCC1C1CCCCCC1. The smallest absolute Gasteiger partial charge is 0.00208 e. The first-order valence-corrected chi connectivity index (χ1v) is 8.06. The van der Waals surface area contributed by atoms with Gasteiger partial charge in [0.25, 0.3) is 0 Å². The number of hydrogen-bond acceptors (Lipinski definition) is 1. The van der Waals surface area contributed by atoms with E-state index in [-0.39, 0.29) is 0 Å². The summed E-state index contributed by atoms with van der Waals surface area (Å²) in [5.74, 6) is 3.09. The maximum Gasteiger partial charge on any atom is -0.00208 e. The van der Waals surface area contributed by atoms with Gasteiger partial charge in [0.05, 0.1) is 0 Å². The molecule has 2 atom stereocenters. The van der Waals surface area contributed by atoms with Crippen molar-refractivity contribution in [2.75, 3.05) is 13.6 Å². The van der Waals surface area contributed by atoms with Crippen LogP contribution in [0.15, 0.2) is 0 Å². The van der Waals surface area contributed by atoms with Crippen molar-refractivity contribution in [2.24, 2.45) is 17.8 Å². The summed E-state index contributed by atoms with van der Waals surface area (Å²) in [5.41, 5.74) is 0. The molecule has 0 bridgehead atoms. The van der Waals surface area contributed by atoms with Crippen LogP contribution in [-0.4, -0.2) is 13.6 Å². The quantitative estimate of drug-likeness (QED) is 0.719. The van der Waals surface area contributed by atoms with Crippen LogP contribution in [0.25, 0.3) is 0 Å². The van der Waals surface area contributed by atoms with Crippen molar-refractivity contribution in [3.63, 3.8) is 0 Å². The summed E-state index contributed by atoms with van der Waals surface area (Å²) in [6.45, 7) is 1.27. The second-order valence-corrected chi connectivity index (χ2v) is 6.37. The third-order valence-electron chi connectivity index (χ3n) is 5.19. The van der Waals surface area contributed by atoms with Gasteiger partial charge in [-0.05, 0) is 44.2 Å².